The number of quaternary nitrogens is 1. The summed E-state index contributed by atoms with van der Waals surface area (Å²) in [5.41, 5.74) is 0. The van der Waals surface area contributed by atoms with Gasteiger partial charge in [-0.15, -0.1) is 0 Å². The van der Waals surface area contributed by atoms with Gasteiger partial charge in [0.05, 0.1) is 27.7 Å². The molecule has 2 atom stereocenters. The molecule has 0 amide bonds. The molecule has 0 bridgehead atoms. The highest BCUT2D eigenvalue weighted by atomic mass is 31.2. The van der Waals surface area contributed by atoms with Gasteiger partial charge >= 0.3 is 19.8 Å². The Hall–Kier alpha value is -3.59. The molecular formula is C68H117NO8P+. The third-order valence-electron chi connectivity index (χ3n) is 13.0. The highest BCUT2D eigenvalue weighted by Crippen LogP contribution is 2.43. The zero-order chi connectivity index (χ0) is 57.0. The van der Waals surface area contributed by atoms with Gasteiger partial charge in [-0.05, 0) is 89.9 Å². The number of nitrogens with zero attached hydrogens (tertiary/aromatic N) is 1. The third-order valence-corrected chi connectivity index (χ3v) is 14.0. The van der Waals surface area contributed by atoms with Crippen LogP contribution in [0.3, 0.4) is 0 Å². The molecule has 0 aliphatic heterocycles. The van der Waals surface area contributed by atoms with Crippen molar-refractivity contribution >= 4 is 19.8 Å². The summed E-state index contributed by atoms with van der Waals surface area (Å²) in [5.74, 6) is -0.807. The number of ether oxygens (including phenoxy) is 2. The van der Waals surface area contributed by atoms with Crippen LogP contribution in [0.1, 0.15) is 245 Å². The minimum absolute atomic E-state index is 0.0259. The van der Waals surface area contributed by atoms with E-state index in [9.17, 15) is 19.0 Å². The van der Waals surface area contributed by atoms with E-state index in [0.717, 1.165) is 109 Å². The fourth-order valence-corrected chi connectivity index (χ4v) is 8.96. The maximum Gasteiger partial charge on any atom is 0.472 e. The van der Waals surface area contributed by atoms with Crippen LogP contribution in [-0.2, 0) is 32.7 Å². The summed E-state index contributed by atoms with van der Waals surface area (Å²) in [6, 6.07) is 0. The molecule has 10 heteroatoms. The van der Waals surface area contributed by atoms with E-state index in [-0.39, 0.29) is 32.0 Å². The maximum atomic E-state index is 12.8. The van der Waals surface area contributed by atoms with Gasteiger partial charge in [-0.2, -0.15) is 0 Å². The summed E-state index contributed by atoms with van der Waals surface area (Å²) in [5, 5.41) is 0. The van der Waals surface area contributed by atoms with Crippen molar-refractivity contribution < 1.29 is 42.1 Å². The molecule has 0 saturated heterocycles. The van der Waals surface area contributed by atoms with Gasteiger partial charge in [0.2, 0.25) is 0 Å². The monoisotopic (exact) mass is 1110 g/mol. The molecule has 0 aromatic carbocycles. The lowest BCUT2D eigenvalue weighted by atomic mass is 10.0. The van der Waals surface area contributed by atoms with Gasteiger partial charge in [-0.25, -0.2) is 4.57 Å². The Balaban J connectivity index is 4.12. The number of esters is 2. The first-order valence-corrected chi connectivity index (χ1v) is 32.8. The number of hydrogen-bond donors (Lipinski definition) is 1. The second kappa shape index (κ2) is 58.1. The number of hydrogen-bond acceptors (Lipinski definition) is 7. The molecule has 0 radical (unpaired) electrons. The standard InChI is InChI=1S/C68H116NO8P/c1-6-8-10-12-14-16-18-20-22-23-24-25-26-27-28-29-30-31-32-33-34-35-36-37-38-39-40-41-42-43-44-45-47-49-51-53-55-57-59-61-68(71)77-66(65-76-78(72,73)75-63-62-69(3,4)5)64-74-67(70)60-58-56-54-52-50-48-46-21-19-17-15-13-11-9-7-2/h8,10,14,16,20,22,24-25,27-28,30-31,33-34,36-37,39-40,42-43,66H,6-7,9,11-13,15,17-19,21,23,26,29,32,35,38,41,44-65H2,1-5H3/p+1/b10-8-,16-14-,22-20-,25-24-,28-27-,31-30-,34-33-,37-36-,40-39-,43-42-. The molecule has 446 valence electrons. The molecule has 0 heterocycles. The van der Waals surface area contributed by atoms with Crippen molar-refractivity contribution in [2.24, 2.45) is 0 Å². The minimum atomic E-state index is -4.39. The Morgan fingerprint density at radius 3 is 1.09 bits per heavy atom. The molecule has 0 rings (SSSR count). The quantitative estimate of drug-likeness (QED) is 0.0211. The largest absolute Gasteiger partial charge is 0.472 e. The van der Waals surface area contributed by atoms with E-state index < -0.39 is 26.5 Å². The Morgan fingerprint density at radius 2 is 0.731 bits per heavy atom. The smallest absolute Gasteiger partial charge is 0.462 e. The van der Waals surface area contributed by atoms with Crippen LogP contribution in [0.4, 0.5) is 0 Å². The zero-order valence-electron chi connectivity index (χ0n) is 50.6. The van der Waals surface area contributed by atoms with E-state index in [1.807, 2.05) is 21.1 Å². The van der Waals surface area contributed by atoms with Crippen LogP contribution >= 0.6 is 7.82 Å². The van der Waals surface area contributed by atoms with E-state index in [0.29, 0.717) is 17.4 Å². The normalized spacial score (nSPS) is 14.1. The SMILES string of the molecule is CC/C=C\C/C=C\C/C=C\C/C=C\C/C=C\C/C=C\C/C=C\C/C=C\C/C=C\C/C=C\CCCCCCCCCCC(=O)OC(COC(=O)CCCCCCCCCCCCCCCCC)COP(=O)(O)OCC[N+](C)(C)C. The lowest BCUT2D eigenvalue weighted by Gasteiger charge is -2.24. The number of rotatable bonds is 56. The van der Waals surface area contributed by atoms with Crippen molar-refractivity contribution in [3.05, 3.63) is 122 Å². The van der Waals surface area contributed by atoms with Crippen LogP contribution < -0.4 is 0 Å². The van der Waals surface area contributed by atoms with E-state index in [4.69, 9.17) is 18.5 Å². The van der Waals surface area contributed by atoms with Crippen molar-refractivity contribution in [3.8, 4) is 0 Å². The van der Waals surface area contributed by atoms with Gasteiger partial charge in [0, 0.05) is 12.8 Å². The van der Waals surface area contributed by atoms with Crippen LogP contribution in [0.15, 0.2) is 122 Å². The minimum Gasteiger partial charge on any atom is -0.462 e. The van der Waals surface area contributed by atoms with Crippen LogP contribution in [0.5, 0.6) is 0 Å². The Bertz CT molecular complexity index is 1730. The van der Waals surface area contributed by atoms with Crippen LogP contribution in [0, 0.1) is 0 Å². The molecule has 0 spiro atoms. The van der Waals surface area contributed by atoms with E-state index in [2.05, 4.69) is 135 Å². The molecule has 0 aromatic rings. The molecule has 78 heavy (non-hydrogen) atoms. The van der Waals surface area contributed by atoms with Gasteiger partial charge in [0.25, 0.3) is 0 Å². The summed E-state index contributed by atoms with van der Waals surface area (Å²) >= 11 is 0. The number of allylic oxidation sites excluding steroid dienone is 20. The van der Waals surface area contributed by atoms with Gasteiger partial charge in [-0.3, -0.25) is 18.6 Å². The number of phosphoric acid groups is 1. The first-order chi connectivity index (χ1) is 38.0. The Labute approximate surface area is 479 Å². The maximum absolute atomic E-state index is 12.8. The third kappa shape index (κ3) is 61.6. The number of carbonyl (C=O) groups excluding carboxylic acids is 2. The summed E-state index contributed by atoms with van der Waals surface area (Å²) < 4.78 is 34.6. The van der Waals surface area contributed by atoms with E-state index in [1.54, 1.807) is 0 Å². The van der Waals surface area contributed by atoms with Crippen LogP contribution in [0.25, 0.3) is 0 Å². The Kier molecular flexibility index (Phi) is 55.4. The first-order valence-electron chi connectivity index (χ1n) is 31.3. The van der Waals surface area contributed by atoms with Crippen LogP contribution in [-0.4, -0.2) is 74.9 Å². The molecule has 1 N–H and O–H groups in total. The van der Waals surface area contributed by atoms with Gasteiger partial charge in [0.15, 0.2) is 6.10 Å². The molecule has 0 fully saturated rings. The van der Waals surface area contributed by atoms with Crippen LogP contribution in [0.2, 0.25) is 0 Å². The number of likely N-dealkylation sites (N-methyl/N-ethyl adjacent to an activating group) is 1. The van der Waals surface area contributed by atoms with Crippen molar-refractivity contribution in [2.45, 2.75) is 251 Å². The molecule has 0 saturated carbocycles. The molecule has 0 aromatic heterocycles. The van der Waals surface area contributed by atoms with Crippen molar-refractivity contribution in [1.82, 2.24) is 0 Å². The summed E-state index contributed by atoms with van der Waals surface area (Å²) in [4.78, 5) is 35.7. The fraction of sp³-hybridized carbons (Fsp3) is 0.676. The first kappa shape index (κ1) is 74.4. The Morgan fingerprint density at radius 1 is 0.410 bits per heavy atom. The lowest BCUT2D eigenvalue weighted by Crippen LogP contribution is -2.37. The zero-order valence-corrected chi connectivity index (χ0v) is 51.5. The average Bonchev–Trinajstić information content (AvgIpc) is 3.41. The average molecular weight is 1110 g/mol. The van der Waals surface area contributed by atoms with Crippen molar-refractivity contribution in [2.75, 3.05) is 47.5 Å². The summed E-state index contributed by atoms with van der Waals surface area (Å²) in [6.45, 7) is 4.31. The topological polar surface area (TPSA) is 108 Å². The van der Waals surface area contributed by atoms with Gasteiger partial charge in [-0.1, -0.05) is 264 Å². The summed E-state index contributed by atoms with van der Waals surface area (Å²) in [7, 11) is 1.46. The predicted molar refractivity (Wildman–Crippen MR) is 334 cm³/mol. The molecule has 9 nitrogen and oxygen atoms in total. The van der Waals surface area contributed by atoms with E-state index in [1.165, 1.54) is 103 Å². The lowest BCUT2D eigenvalue weighted by molar-refractivity contribution is -0.870. The number of carbonyl (C=O) groups is 2. The molecular weight excluding hydrogens is 990 g/mol. The second-order valence-electron chi connectivity index (χ2n) is 21.7. The van der Waals surface area contributed by atoms with Crippen molar-refractivity contribution in [1.29, 1.82) is 0 Å². The van der Waals surface area contributed by atoms with E-state index >= 15 is 0 Å². The number of phosphoric ester groups is 1. The highest BCUT2D eigenvalue weighted by molar-refractivity contribution is 7.47. The van der Waals surface area contributed by atoms with Gasteiger partial charge in [0.1, 0.15) is 19.8 Å². The van der Waals surface area contributed by atoms with Gasteiger partial charge < -0.3 is 18.9 Å². The summed E-state index contributed by atoms with van der Waals surface area (Å²) in [6.07, 6.45) is 82.8. The molecule has 2 unspecified atom stereocenters. The fourth-order valence-electron chi connectivity index (χ4n) is 8.22. The molecule has 0 aliphatic rings. The van der Waals surface area contributed by atoms with Crippen molar-refractivity contribution in [3.63, 3.8) is 0 Å². The number of unbranched alkanes of at least 4 members (excludes halogenated alkanes) is 22. The predicted octanol–water partition coefficient (Wildman–Crippen LogP) is 19.9. The molecule has 0 aliphatic carbocycles. The second-order valence-corrected chi connectivity index (χ2v) is 23.2. The highest BCUT2D eigenvalue weighted by Gasteiger charge is 2.27.